The minimum Gasteiger partial charge on any atom is -0.351 e. The van der Waals surface area contributed by atoms with Gasteiger partial charge in [0.25, 0.3) is 0 Å². The van der Waals surface area contributed by atoms with Crippen LogP contribution in [-0.4, -0.2) is 31.4 Å². The zero-order chi connectivity index (χ0) is 21.6. The molecule has 0 saturated heterocycles. The van der Waals surface area contributed by atoms with Gasteiger partial charge in [0.15, 0.2) is 11.0 Å². The van der Waals surface area contributed by atoms with E-state index in [-0.39, 0.29) is 11.7 Å². The van der Waals surface area contributed by atoms with Crippen molar-refractivity contribution in [3.63, 3.8) is 0 Å². The van der Waals surface area contributed by atoms with Crippen LogP contribution in [0.3, 0.4) is 0 Å². The standard InChI is InChI=1S/C23H26ClN5OS/c1-16-7-2-5-11-20(16)29-22(18-9-6-12-25-13-18)27-28-23(29)31-15-21(30)26-14-17-8-3-4-10-19(17)24/h3-4,6,8-10,12-13,16,20H,2,5,7,11,14-15H2,1H3,(H,26,30)/t16-,20+/m1/s1. The van der Waals surface area contributed by atoms with Crippen molar-refractivity contribution in [3.05, 3.63) is 59.4 Å². The number of carbonyl (C=O) groups is 1. The van der Waals surface area contributed by atoms with Crippen molar-refractivity contribution in [2.45, 2.75) is 50.4 Å². The zero-order valence-corrected chi connectivity index (χ0v) is 19.1. The molecular weight excluding hydrogens is 430 g/mol. The van der Waals surface area contributed by atoms with Crippen LogP contribution in [0.2, 0.25) is 5.02 Å². The van der Waals surface area contributed by atoms with Gasteiger partial charge in [0, 0.05) is 35.6 Å². The smallest absolute Gasteiger partial charge is 0.230 e. The second-order valence-electron chi connectivity index (χ2n) is 7.90. The number of rotatable bonds is 7. The lowest BCUT2D eigenvalue weighted by Crippen LogP contribution is -2.26. The van der Waals surface area contributed by atoms with Crippen molar-refractivity contribution >= 4 is 29.3 Å². The Bertz CT molecular complexity index is 1030. The third-order valence-corrected chi connectivity index (χ3v) is 7.06. The number of amides is 1. The number of benzene rings is 1. The summed E-state index contributed by atoms with van der Waals surface area (Å²) in [7, 11) is 0. The Morgan fingerprint density at radius 1 is 1.19 bits per heavy atom. The molecule has 1 aliphatic carbocycles. The summed E-state index contributed by atoms with van der Waals surface area (Å²) in [6, 6.07) is 11.8. The lowest BCUT2D eigenvalue weighted by molar-refractivity contribution is -0.118. The van der Waals surface area contributed by atoms with E-state index < -0.39 is 0 Å². The van der Waals surface area contributed by atoms with Gasteiger partial charge in [-0.3, -0.25) is 14.3 Å². The maximum Gasteiger partial charge on any atom is 0.230 e. The fourth-order valence-corrected chi connectivity index (χ4v) is 5.09. The maximum absolute atomic E-state index is 12.5. The van der Waals surface area contributed by atoms with E-state index in [1.54, 1.807) is 6.20 Å². The molecule has 1 aliphatic rings. The molecule has 2 atom stereocenters. The highest BCUT2D eigenvalue weighted by Gasteiger charge is 2.29. The second kappa shape index (κ2) is 10.3. The molecule has 1 fully saturated rings. The summed E-state index contributed by atoms with van der Waals surface area (Å²) in [6.07, 6.45) is 8.32. The molecule has 4 rings (SSSR count). The first-order valence-electron chi connectivity index (χ1n) is 10.6. The number of nitrogens with zero attached hydrogens (tertiary/aromatic N) is 4. The Labute approximate surface area is 191 Å². The molecule has 0 aliphatic heterocycles. The largest absolute Gasteiger partial charge is 0.351 e. The highest BCUT2D eigenvalue weighted by atomic mass is 35.5. The first-order valence-corrected chi connectivity index (χ1v) is 12.0. The first-order chi connectivity index (χ1) is 15.1. The third kappa shape index (κ3) is 5.28. The fraction of sp³-hybridized carbons (Fsp3) is 0.391. The molecule has 1 saturated carbocycles. The van der Waals surface area contributed by atoms with Crippen molar-refractivity contribution in [2.75, 3.05) is 5.75 Å². The van der Waals surface area contributed by atoms with Gasteiger partial charge in [0.1, 0.15) is 0 Å². The van der Waals surface area contributed by atoms with Crippen molar-refractivity contribution in [2.24, 2.45) is 5.92 Å². The molecule has 0 bridgehead atoms. The molecule has 1 aromatic carbocycles. The molecule has 2 heterocycles. The Hall–Kier alpha value is -2.38. The van der Waals surface area contributed by atoms with Gasteiger partial charge >= 0.3 is 0 Å². The van der Waals surface area contributed by atoms with Gasteiger partial charge in [-0.05, 0) is 42.5 Å². The molecule has 2 aromatic heterocycles. The molecule has 0 radical (unpaired) electrons. The Morgan fingerprint density at radius 3 is 2.81 bits per heavy atom. The molecule has 31 heavy (non-hydrogen) atoms. The number of hydrogen-bond donors (Lipinski definition) is 1. The second-order valence-corrected chi connectivity index (χ2v) is 9.25. The molecule has 8 heteroatoms. The average molecular weight is 456 g/mol. The van der Waals surface area contributed by atoms with Crippen LogP contribution in [-0.2, 0) is 11.3 Å². The van der Waals surface area contributed by atoms with Gasteiger partial charge < -0.3 is 5.32 Å². The maximum atomic E-state index is 12.5. The summed E-state index contributed by atoms with van der Waals surface area (Å²) >= 11 is 7.61. The Kier molecular flexibility index (Phi) is 7.25. The van der Waals surface area contributed by atoms with Crippen LogP contribution in [0, 0.1) is 5.92 Å². The van der Waals surface area contributed by atoms with Crippen molar-refractivity contribution in [3.8, 4) is 11.4 Å². The Morgan fingerprint density at radius 2 is 2.03 bits per heavy atom. The number of thioether (sulfide) groups is 1. The van der Waals surface area contributed by atoms with E-state index in [0.717, 1.165) is 28.5 Å². The minimum absolute atomic E-state index is 0.0564. The van der Waals surface area contributed by atoms with Gasteiger partial charge in [0.05, 0.1) is 5.75 Å². The summed E-state index contributed by atoms with van der Waals surface area (Å²) in [5.74, 6) is 1.58. The highest BCUT2D eigenvalue weighted by Crippen LogP contribution is 2.38. The number of pyridine rings is 1. The predicted molar refractivity (Wildman–Crippen MR) is 124 cm³/mol. The Balaban J connectivity index is 1.49. The van der Waals surface area contributed by atoms with E-state index in [4.69, 9.17) is 11.6 Å². The monoisotopic (exact) mass is 455 g/mol. The van der Waals surface area contributed by atoms with Crippen LogP contribution in [0.25, 0.3) is 11.4 Å². The number of halogens is 1. The molecular formula is C23H26ClN5OS. The molecule has 1 N–H and O–H groups in total. The van der Waals surface area contributed by atoms with Crippen LogP contribution in [0.1, 0.15) is 44.2 Å². The lowest BCUT2D eigenvalue weighted by atomic mass is 9.85. The molecule has 0 spiro atoms. The molecule has 3 aromatic rings. The summed E-state index contributed by atoms with van der Waals surface area (Å²) < 4.78 is 2.23. The van der Waals surface area contributed by atoms with Gasteiger partial charge in [-0.15, -0.1) is 10.2 Å². The number of aromatic nitrogens is 4. The SMILES string of the molecule is C[C@@H]1CCCC[C@@H]1n1c(SCC(=O)NCc2ccccc2Cl)nnc1-c1cccnc1. The molecule has 1 amide bonds. The van der Waals surface area contributed by atoms with Gasteiger partial charge in [-0.25, -0.2) is 0 Å². The van der Waals surface area contributed by atoms with Gasteiger partial charge in [-0.1, -0.05) is 61.3 Å². The van der Waals surface area contributed by atoms with Crippen LogP contribution in [0.4, 0.5) is 0 Å². The summed E-state index contributed by atoms with van der Waals surface area (Å²) in [6.45, 7) is 2.70. The van der Waals surface area contributed by atoms with E-state index in [2.05, 4.69) is 32.0 Å². The molecule has 162 valence electrons. The summed E-state index contributed by atoms with van der Waals surface area (Å²) in [4.78, 5) is 16.7. The summed E-state index contributed by atoms with van der Waals surface area (Å²) in [5.41, 5.74) is 1.85. The van der Waals surface area contributed by atoms with Gasteiger partial charge in [-0.2, -0.15) is 0 Å². The normalized spacial score (nSPS) is 18.6. The van der Waals surface area contributed by atoms with Crippen LogP contribution in [0.5, 0.6) is 0 Å². The number of carbonyl (C=O) groups excluding carboxylic acids is 1. The van der Waals surface area contributed by atoms with E-state index in [9.17, 15) is 4.79 Å². The topological polar surface area (TPSA) is 72.7 Å². The molecule has 0 unspecified atom stereocenters. The fourth-order valence-electron chi connectivity index (χ4n) is 4.06. The minimum atomic E-state index is -0.0564. The zero-order valence-electron chi connectivity index (χ0n) is 17.5. The predicted octanol–water partition coefficient (Wildman–Crippen LogP) is 5.15. The van der Waals surface area contributed by atoms with Crippen molar-refractivity contribution in [1.29, 1.82) is 0 Å². The van der Waals surface area contributed by atoms with E-state index in [1.807, 2.05) is 42.6 Å². The van der Waals surface area contributed by atoms with Crippen molar-refractivity contribution in [1.82, 2.24) is 25.1 Å². The average Bonchev–Trinajstić information content (AvgIpc) is 3.22. The van der Waals surface area contributed by atoms with Crippen LogP contribution in [0.15, 0.2) is 53.9 Å². The molecule has 6 nitrogen and oxygen atoms in total. The van der Waals surface area contributed by atoms with E-state index >= 15 is 0 Å². The van der Waals surface area contributed by atoms with Crippen molar-refractivity contribution < 1.29 is 4.79 Å². The van der Waals surface area contributed by atoms with Crippen LogP contribution >= 0.6 is 23.4 Å². The quantitative estimate of drug-likeness (QED) is 0.498. The summed E-state index contributed by atoms with van der Waals surface area (Å²) in [5, 5.41) is 13.3. The number of nitrogens with one attached hydrogen (secondary N) is 1. The van der Waals surface area contributed by atoms with Crippen LogP contribution < -0.4 is 5.32 Å². The van der Waals surface area contributed by atoms with Gasteiger partial charge in [0.2, 0.25) is 5.91 Å². The van der Waals surface area contributed by atoms with E-state index in [0.29, 0.717) is 23.5 Å². The number of hydrogen-bond acceptors (Lipinski definition) is 5. The van der Waals surface area contributed by atoms with E-state index in [1.165, 1.54) is 31.0 Å². The highest BCUT2D eigenvalue weighted by molar-refractivity contribution is 7.99. The third-order valence-electron chi connectivity index (χ3n) is 5.75. The first kappa shape index (κ1) is 21.8. The lowest BCUT2D eigenvalue weighted by Gasteiger charge is -2.31.